The highest BCUT2D eigenvalue weighted by molar-refractivity contribution is 7.89. The third-order valence-corrected chi connectivity index (χ3v) is 6.20. The first-order valence-corrected chi connectivity index (χ1v) is 9.22. The summed E-state index contributed by atoms with van der Waals surface area (Å²) in [6.45, 7) is 0.749. The van der Waals surface area contributed by atoms with Gasteiger partial charge < -0.3 is 20.1 Å². The number of likely N-dealkylation sites (N-methyl/N-ethyl adjacent to an activating group) is 1. The Morgan fingerprint density at radius 2 is 2.16 bits per heavy atom. The monoisotopic (exact) mass is 391 g/mol. The van der Waals surface area contributed by atoms with Crippen LogP contribution in [0.25, 0.3) is 0 Å². The number of carbonyl (C=O) groups is 1. The number of hydrogen-bond donors (Lipinski definition) is 2. The molecule has 0 radical (unpaired) electrons. The predicted octanol–water partition coefficient (Wildman–Crippen LogP) is 0.820. The number of carbonyl (C=O) groups excluding carboxylic acids is 1. The van der Waals surface area contributed by atoms with Crippen molar-refractivity contribution in [1.29, 1.82) is 0 Å². The summed E-state index contributed by atoms with van der Waals surface area (Å²) in [5.74, 6) is 0.232. The van der Waals surface area contributed by atoms with Crippen molar-refractivity contribution in [2.45, 2.75) is 23.8 Å². The van der Waals surface area contributed by atoms with Crippen molar-refractivity contribution in [1.82, 2.24) is 9.62 Å². The lowest BCUT2D eigenvalue weighted by molar-refractivity contribution is -0.118. The number of halogens is 1. The third-order valence-electron chi connectivity index (χ3n) is 4.31. The molecular weight excluding hydrogens is 370 g/mol. The Labute approximate surface area is 153 Å². The van der Waals surface area contributed by atoms with E-state index in [4.69, 9.17) is 9.47 Å². The lowest BCUT2D eigenvalue weighted by Gasteiger charge is -2.32. The standard InChI is InChI=1S/C15H21N3O5S.ClH/c1-16-10-4-3-5-18(8-10)24(20,21)14-7-12-11(6-13(14)22-2)17-15(19)9-23-12;/h6-7,10,16H,3-5,8-9H2,1-2H3,(H,17,19);1H. The molecule has 1 amide bonds. The van der Waals surface area contributed by atoms with E-state index in [1.54, 1.807) is 0 Å². The second-order valence-corrected chi connectivity index (χ2v) is 7.73. The number of nitrogens with zero attached hydrogens (tertiary/aromatic N) is 1. The fourth-order valence-corrected chi connectivity index (χ4v) is 4.66. The van der Waals surface area contributed by atoms with Crippen LogP contribution in [0.2, 0.25) is 0 Å². The summed E-state index contributed by atoms with van der Waals surface area (Å²) in [4.78, 5) is 11.5. The smallest absolute Gasteiger partial charge is 0.262 e. The van der Waals surface area contributed by atoms with Crippen LogP contribution < -0.4 is 20.1 Å². The van der Waals surface area contributed by atoms with E-state index in [1.807, 2.05) is 7.05 Å². The number of anilines is 1. The van der Waals surface area contributed by atoms with Gasteiger partial charge in [-0.05, 0) is 19.9 Å². The zero-order valence-electron chi connectivity index (χ0n) is 14.1. The largest absolute Gasteiger partial charge is 0.495 e. The normalized spacial score (nSPS) is 20.7. The fraction of sp³-hybridized carbons (Fsp3) is 0.533. The number of fused-ring (bicyclic) bond motifs is 1. The fourth-order valence-electron chi connectivity index (χ4n) is 2.98. The van der Waals surface area contributed by atoms with Gasteiger partial charge in [0.05, 0.1) is 12.8 Å². The molecule has 0 spiro atoms. The average Bonchev–Trinajstić information content (AvgIpc) is 2.60. The van der Waals surface area contributed by atoms with Gasteiger partial charge in [0, 0.05) is 31.3 Å². The lowest BCUT2D eigenvalue weighted by atomic mass is 10.1. The molecule has 25 heavy (non-hydrogen) atoms. The van der Waals surface area contributed by atoms with Crippen molar-refractivity contribution in [3.63, 3.8) is 0 Å². The summed E-state index contributed by atoms with van der Waals surface area (Å²) in [6, 6.07) is 3.04. The van der Waals surface area contributed by atoms with Crippen LogP contribution in [-0.4, -0.2) is 58.5 Å². The Hall–Kier alpha value is -1.55. The van der Waals surface area contributed by atoms with Crippen molar-refractivity contribution in [2.75, 3.05) is 39.2 Å². The molecule has 0 bridgehead atoms. The average molecular weight is 392 g/mol. The van der Waals surface area contributed by atoms with E-state index in [9.17, 15) is 13.2 Å². The van der Waals surface area contributed by atoms with E-state index in [2.05, 4.69) is 10.6 Å². The number of benzene rings is 1. The first-order chi connectivity index (χ1) is 11.5. The van der Waals surface area contributed by atoms with Crippen LogP contribution >= 0.6 is 12.4 Å². The Bertz CT molecular complexity index is 756. The molecule has 0 aliphatic carbocycles. The molecule has 1 atom stereocenters. The highest BCUT2D eigenvalue weighted by Crippen LogP contribution is 2.38. The van der Waals surface area contributed by atoms with Gasteiger partial charge in [0.15, 0.2) is 6.61 Å². The Morgan fingerprint density at radius 3 is 2.84 bits per heavy atom. The van der Waals surface area contributed by atoms with Crippen molar-refractivity contribution in [3.05, 3.63) is 12.1 Å². The van der Waals surface area contributed by atoms with Crippen LogP contribution in [0.1, 0.15) is 12.8 Å². The van der Waals surface area contributed by atoms with Crippen LogP contribution in [-0.2, 0) is 14.8 Å². The second-order valence-electron chi connectivity index (χ2n) is 5.83. The van der Waals surface area contributed by atoms with Gasteiger partial charge in [-0.25, -0.2) is 8.42 Å². The first-order valence-electron chi connectivity index (χ1n) is 7.78. The third kappa shape index (κ3) is 3.84. The highest BCUT2D eigenvalue weighted by Gasteiger charge is 2.33. The Morgan fingerprint density at radius 1 is 1.40 bits per heavy atom. The summed E-state index contributed by atoms with van der Waals surface area (Å²) in [5.41, 5.74) is 0.411. The molecule has 1 aromatic rings. The van der Waals surface area contributed by atoms with Crippen molar-refractivity contribution >= 4 is 34.0 Å². The van der Waals surface area contributed by atoms with Gasteiger partial charge >= 0.3 is 0 Å². The molecule has 0 saturated carbocycles. The molecule has 2 aliphatic rings. The summed E-state index contributed by atoms with van der Waals surface area (Å²) >= 11 is 0. The number of amides is 1. The maximum absolute atomic E-state index is 13.1. The maximum Gasteiger partial charge on any atom is 0.262 e. The number of sulfonamides is 1. The minimum absolute atomic E-state index is 0. The molecule has 1 unspecified atom stereocenters. The molecule has 140 valence electrons. The van der Waals surface area contributed by atoms with E-state index in [0.29, 0.717) is 24.5 Å². The molecule has 1 saturated heterocycles. The topological polar surface area (TPSA) is 97.0 Å². The molecule has 2 N–H and O–H groups in total. The van der Waals surface area contributed by atoms with Gasteiger partial charge in [-0.15, -0.1) is 12.4 Å². The van der Waals surface area contributed by atoms with Crippen molar-refractivity contribution in [2.24, 2.45) is 0 Å². The van der Waals surface area contributed by atoms with E-state index in [-0.39, 0.29) is 41.6 Å². The number of hydrogen-bond acceptors (Lipinski definition) is 6. The highest BCUT2D eigenvalue weighted by atomic mass is 35.5. The molecular formula is C15H22ClN3O5S. The number of ether oxygens (including phenoxy) is 2. The number of nitrogens with one attached hydrogen (secondary N) is 2. The summed E-state index contributed by atoms with van der Waals surface area (Å²) < 4.78 is 38.2. The van der Waals surface area contributed by atoms with E-state index >= 15 is 0 Å². The molecule has 2 heterocycles. The van der Waals surface area contributed by atoms with Gasteiger partial charge in [-0.3, -0.25) is 4.79 Å². The minimum Gasteiger partial charge on any atom is -0.495 e. The molecule has 3 rings (SSSR count). The van der Waals surface area contributed by atoms with Crippen LogP contribution in [0.15, 0.2) is 17.0 Å². The summed E-state index contributed by atoms with van der Waals surface area (Å²) in [7, 11) is -0.487. The zero-order chi connectivity index (χ0) is 17.3. The Balaban J connectivity index is 0.00000225. The predicted molar refractivity (Wildman–Crippen MR) is 95.2 cm³/mol. The molecule has 1 aromatic carbocycles. The van der Waals surface area contributed by atoms with Gasteiger partial charge in [0.2, 0.25) is 10.0 Å². The lowest BCUT2D eigenvalue weighted by Crippen LogP contribution is -2.46. The van der Waals surface area contributed by atoms with Crippen molar-refractivity contribution < 1.29 is 22.7 Å². The van der Waals surface area contributed by atoms with E-state index < -0.39 is 10.0 Å². The zero-order valence-corrected chi connectivity index (χ0v) is 15.7. The number of piperidine rings is 1. The molecule has 10 heteroatoms. The number of rotatable bonds is 4. The summed E-state index contributed by atoms with van der Waals surface area (Å²) in [5, 5.41) is 5.78. The van der Waals surface area contributed by atoms with E-state index in [1.165, 1.54) is 23.5 Å². The van der Waals surface area contributed by atoms with Crippen LogP contribution in [0.5, 0.6) is 11.5 Å². The molecule has 8 nitrogen and oxygen atoms in total. The van der Waals surface area contributed by atoms with Crippen molar-refractivity contribution in [3.8, 4) is 11.5 Å². The summed E-state index contributed by atoms with van der Waals surface area (Å²) in [6.07, 6.45) is 1.74. The first kappa shape index (κ1) is 19.8. The van der Waals surface area contributed by atoms with Gasteiger partial charge in [-0.2, -0.15) is 4.31 Å². The molecule has 1 fully saturated rings. The molecule has 0 aromatic heterocycles. The van der Waals surface area contributed by atoms with Gasteiger partial charge in [0.1, 0.15) is 16.4 Å². The quantitative estimate of drug-likeness (QED) is 0.788. The van der Waals surface area contributed by atoms with Crippen LogP contribution in [0.4, 0.5) is 5.69 Å². The SMILES string of the molecule is CNC1CCCN(S(=O)(=O)c2cc3c(cc2OC)NC(=O)CO3)C1.Cl. The van der Waals surface area contributed by atoms with E-state index in [0.717, 1.165) is 12.8 Å². The van der Waals surface area contributed by atoms with Crippen LogP contribution in [0, 0.1) is 0 Å². The van der Waals surface area contributed by atoms with Gasteiger partial charge in [0.25, 0.3) is 5.91 Å². The number of methoxy groups -OCH3 is 1. The Kier molecular flexibility index (Phi) is 6.15. The second kappa shape index (κ2) is 7.77. The van der Waals surface area contributed by atoms with Gasteiger partial charge in [-0.1, -0.05) is 0 Å². The van der Waals surface area contributed by atoms with Crippen LogP contribution in [0.3, 0.4) is 0 Å². The maximum atomic E-state index is 13.1. The minimum atomic E-state index is -3.72. The molecule has 2 aliphatic heterocycles.